The van der Waals surface area contributed by atoms with E-state index in [1.165, 1.54) is 0 Å². The summed E-state index contributed by atoms with van der Waals surface area (Å²) in [4.78, 5) is 34.9. The third kappa shape index (κ3) is 4.73. The van der Waals surface area contributed by atoms with Crippen LogP contribution in [0.25, 0.3) is 11.4 Å². The first-order valence-electron chi connectivity index (χ1n) is 12.3. The second-order valence-electron chi connectivity index (χ2n) is 9.50. The Hall–Kier alpha value is -3.65. The summed E-state index contributed by atoms with van der Waals surface area (Å²) in [5.74, 6) is -0.908. The first-order chi connectivity index (χ1) is 17.2. The number of aliphatic hydroxyl groups is 1. The summed E-state index contributed by atoms with van der Waals surface area (Å²) in [5, 5.41) is 11.5. The number of likely N-dealkylation sites (tertiary alicyclic amines) is 1. The number of Topliss-reactive ketones (excluding diaryl/α,β-unsaturated/α-hetero) is 1. The van der Waals surface area contributed by atoms with Gasteiger partial charge in [0.1, 0.15) is 17.1 Å². The van der Waals surface area contributed by atoms with E-state index in [2.05, 4.69) is 4.98 Å². The molecule has 3 aromatic rings. The molecule has 1 amide bonds. The van der Waals surface area contributed by atoms with Crippen molar-refractivity contribution in [3.05, 3.63) is 70.7 Å². The van der Waals surface area contributed by atoms with Gasteiger partial charge in [-0.15, -0.1) is 0 Å². The molecule has 1 atom stereocenters. The third-order valence-corrected chi connectivity index (χ3v) is 6.50. The van der Waals surface area contributed by atoms with Gasteiger partial charge in [-0.25, -0.2) is 4.98 Å². The lowest BCUT2D eigenvalue weighted by Gasteiger charge is -2.26. The molecule has 4 rings (SSSR count). The van der Waals surface area contributed by atoms with Crippen LogP contribution >= 0.6 is 0 Å². The van der Waals surface area contributed by atoms with Gasteiger partial charge in [0.2, 0.25) is 0 Å². The molecule has 3 heterocycles. The predicted octanol–water partition coefficient (Wildman–Crippen LogP) is 4.11. The van der Waals surface area contributed by atoms with E-state index in [0.29, 0.717) is 47.9 Å². The molecular weight excluding hydrogens is 456 g/mol. The highest BCUT2D eigenvalue weighted by Crippen LogP contribution is 2.40. The monoisotopic (exact) mass is 490 g/mol. The van der Waals surface area contributed by atoms with Crippen LogP contribution in [-0.4, -0.2) is 69.8 Å². The molecule has 1 saturated heterocycles. The first kappa shape index (κ1) is 25.4. The zero-order chi connectivity index (χ0) is 26.0. The molecule has 8 heteroatoms. The molecule has 1 fully saturated rings. The highest BCUT2D eigenvalue weighted by Gasteiger charge is 2.46. The van der Waals surface area contributed by atoms with Crippen molar-refractivity contribution in [3.63, 3.8) is 0 Å². The van der Waals surface area contributed by atoms with Crippen molar-refractivity contribution in [2.24, 2.45) is 0 Å². The number of nitrogens with zero attached hydrogens (tertiary/aromatic N) is 4. The van der Waals surface area contributed by atoms with Gasteiger partial charge < -0.3 is 24.0 Å². The van der Waals surface area contributed by atoms with Gasteiger partial charge in [0, 0.05) is 12.7 Å². The summed E-state index contributed by atoms with van der Waals surface area (Å²) in [6.07, 6.45) is 3.42. The second-order valence-corrected chi connectivity index (χ2v) is 9.50. The first-order valence-corrected chi connectivity index (χ1v) is 12.3. The van der Waals surface area contributed by atoms with Crippen molar-refractivity contribution in [2.45, 2.75) is 39.7 Å². The Morgan fingerprint density at radius 3 is 2.64 bits per heavy atom. The van der Waals surface area contributed by atoms with E-state index >= 15 is 0 Å². The molecule has 190 valence electrons. The summed E-state index contributed by atoms with van der Waals surface area (Å²) in [7, 11) is 3.93. The minimum absolute atomic E-state index is 0.0571. The topological polar surface area (TPSA) is 87.4 Å². The zero-order valence-corrected chi connectivity index (χ0v) is 21.6. The lowest BCUT2D eigenvalue weighted by Crippen LogP contribution is -2.32. The smallest absolute Gasteiger partial charge is 0.295 e. The minimum Gasteiger partial charge on any atom is -0.505 e. The number of carbonyl (C=O) groups excluding carboxylic acids is 2. The summed E-state index contributed by atoms with van der Waals surface area (Å²) in [6, 6.07) is 10.5. The summed E-state index contributed by atoms with van der Waals surface area (Å²) in [5.41, 5.74) is 3.42. The van der Waals surface area contributed by atoms with Gasteiger partial charge in [-0.1, -0.05) is 25.1 Å². The van der Waals surface area contributed by atoms with E-state index in [0.717, 1.165) is 18.5 Å². The number of aliphatic hydroxyl groups excluding tert-OH is 1. The maximum Gasteiger partial charge on any atom is 0.295 e. The number of carbonyl (C=O) groups is 2. The number of ether oxygens (including phenoxy) is 1. The predicted molar refractivity (Wildman–Crippen MR) is 139 cm³/mol. The van der Waals surface area contributed by atoms with E-state index in [1.54, 1.807) is 4.90 Å². The molecule has 1 N–H and O–H groups in total. The van der Waals surface area contributed by atoms with E-state index in [9.17, 15) is 14.7 Å². The molecule has 2 aromatic heterocycles. The van der Waals surface area contributed by atoms with Gasteiger partial charge in [0.25, 0.3) is 11.7 Å². The molecule has 0 spiro atoms. The number of aryl methyl sites for hydroxylation is 2. The molecular formula is C28H34N4O4. The van der Waals surface area contributed by atoms with Crippen molar-refractivity contribution >= 4 is 23.1 Å². The number of ketones is 1. The van der Waals surface area contributed by atoms with Crippen molar-refractivity contribution < 1.29 is 19.4 Å². The molecule has 0 bridgehead atoms. The Kier molecular flexibility index (Phi) is 7.45. The third-order valence-electron chi connectivity index (χ3n) is 6.50. The van der Waals surface area contributed by atoms with Gasteiger partial charge in [0.05, 0.1) is 23.9 Å². The molecule has 1 aromatic carbocycles. The SMILES string of the molecule is CCCOc1cccc(C2C(=C(O)c3nc4c(C)cccn4c3C)C(=O)C(=O)N2CCCN(C)C)c1. The van der Waals surface area contributed by atoms with E-state index in [4.69, 9.17) is 4.74 Å². The Bertz CT molecular complexity index is 1320. The van der Waals surface area contributed by atoms with Crippen molar-refractivity contribution in [1.29, 1.82) is 0 Å². The number of imidazole rings is 1. The fourth-order valence-corrected chi connectivity index (χ4v) is 4.68. The Labute approximate surface area is 211 Å². The van der Waals surface area contributed by atoms with E-state index < -0.39 is 17.7 Å². The highest BCUT2D eigenvalue weighted by atomic mass is 16.5. The van der Waals surface area contributed by atoms with Crippen molar-refractivity contribution in [3.8, 4) is 5.75 Å². The Balaban J connectivity index is 1.86. The summed E-state index contributed by atoms with van der Waals surface area (Å²) in [6.45, 7) is 7.52. The number of pyridine rings is 1. The van der Waals surface area contributed by atoms with Crippen LogP contribution in [0.3, 0.4) is 0 Å². The Morgan fingerprint density at radius 2 is 1.94 bits per heavy atom. The number of benzene rings is 1. The van der Waals surface area contributed by atoms with Crippen LogP contribution < -0.4 is 4.74 Å². The van der Waals surface area contributed by atoms with Gasteiger partial charge in [-0.2, -0.15) is 0 Å². The maximum atomic E-state index is 13.4. The minimum atomic E-state index is -0.734. The molecule has 0 aliphatic carbocycles. The average Bonchev–Trinajstić information content (AvgIpc) is 3.32. The van der Waals surface area contributed by atoms with Crippen LogP contribution in [0.15, 0.2) is 48.2 Å². The molecule has 1 aliphatic heterocycles. The molecule has 0 saturated carbocycles. The lowest BCUT2D eigenvalue weighted by atomic mass is 9.96. The van der Waals surface area contributed by atoms with Crippen molar-refractivity contribution in [2.75, 3.05) is 33.8 Å². The lowest BCUT2D eigenvalue weighted by molar-refractivity contribution is -0.139. The number of amides is 1. The van der Waals surface area contributed by atoms with Gasteiger partial charge >= 0.3 is 0 Å². The van der Waals surface area contributed by atoms with Gasteiger partial charge in [-0.05, 0) is 76.7 Å². The number of rotatable bonds is 9. The summed E-state index contributed by atoms with van der Waals surface area (Å²) < 4.78 is 7.70. The average molecular weight is 491 g/mol. The van der Waals surface area contributed by atoms with Gasteiger partial charge in [0.15, 0.2) is 5.76 Å². The van der Waals surface area contributed by atoms with Crippen LogP contribution in [0.4, 0.5) is 0 Å². The molecule has 8 nitrogen and oxygen atoms in total. The molecule has 1 unspecified atom stereocenters. The van der Waals surface area contributed by atoms with Crippen LogP contribution in [0.5, 0.6) is 5.75 Å². The standard InChI is InChI=1S/C28H34N4O4/c1-6-16-36-21-12-7-11-20(17-21)24-22(26(34)28(35)32(24)15-9-13-30(4)5)25(33)23-19(3)31-14-8-10-18(2)27(31)29-23/h7-8,10-12,14,17,24,33H,6,9,13,15-16H2,1-5H3. The largest absolute Gasteiger partial charge is 0.505 e. The molecule has 0 radical (unpaired) electrons. The van der Waals surface area contributed by atoms with Crippen LogP contribution in [0, 0.1) is 13.8 Å². The number of aromatic nitrogens is 2. The van der Waals surface area contributed by atoms with Gasteiger partial charge in [-0.3, -0.25) is 9.59 Å². The van der Waals surface area contributed by atoms with E-state index in [1.807, 2.05) is 86.8 Å². The van der Waals surface area contributed by atoms with Crippen molar-refractivity contribution in [1.82, 2.24) is 19.2 Å². The number of fused-ring (bicyclic) bond motifs is 1. The normalized spacial score (nSPS) is 17.5. The fourth-order valence-electron chi connectivity index (χ4n) is 4.68. The summed E-state index contributed by atoms with van der Waals surface area (Å²) >= 11 is 0. The fraction of sp³-hybridized carbons (Fsp3) is 0.393. The Morgan fingerprint density at radius 1 is 1.17 bits per heavy atom. The number of hydrogen-bond acceptors (Lipinski definition) is 6. The van der Waals surface area contributed by atoms with E-state index in [-0.39, 0.29) is 11.3 Å². The molecule has 1 aliphatic rings. The highest BCUT2D eigenvalue weighted by molar-refractivity contribution is 6.46. The quantitative estimate of drug-likeness (QED) is 0.276. The maximum absolute atomic E-state index is 13.4. The zero-order valence-electron chi connectivity index (χ0n) is 21.6. The van der Waals surface area contributed by atoms with Crippen LogP contribution in [0.2, 0.25) is 0 Å². The second kappa shape index (κ2) is 10.5. The van der Waals surface area contributed by atoms with Crippen LogP contribution in [0.1, 0.15) is 48.3 Å². The number of hydrogen-bond donors (Lipinski definition) is 1. The van der Waals surface area contributed by atoms with Crippen LogP contribution in [-0.2, 0) is 9.59 Å². The molecule has 36 heavy (non-hydrogen) atoms.